The third kappa shape index (κ3) is 5.01. The highest BCUT2D eigenvalue weighted by atomic mass is 35.5. The summed E-state index contributed by atoms with van der Waals surface area (Å²) in [5, 5.41) is 2.18. The van der Waals surface area contributed by atoms with Crippen LogP contribution in [0.3, 0.4) is 0 Å². The van der Waals surface area contributed by atoms with Gasteiger partial charge in [0.1, 0.15) is 5.82 Å². The third-order valence-electron chi connectivity index (χ3n) is 5.43. The van der Waals surface area contributed by atoms with Crippen LogP contribution in [0.5, 0.6) is 0 Å². The Morgan fingerprint density at radius 1 is 1.13 bits per heavy atom. The first-order valence-electron chi connectivity index (χ1n) is 9.68. The molecule has 166 valence electrons. The van der Waals surface area contributed by atoms with Crippen molar-refractivity contribution in [2.75, 3.05) is 5.32 Å². The molecule has 2 aromatic rings. The molecule has 2 aromatic carbocycles. The average molecular weight is 458 g/mol. The molecule has 1 aliphatic rings. The second-order valence-corrected chi connectivity index (χ2v) is 7.94. The first-order valence-corrected chi connectivity index (χ1v) is 10.1. The van der Waals surface area contributed by atoms with Crippen LogP contribution in [0.1, 0.15) is 43.7 Å². The van der Waals surface area contributed by atoms with Crippen LogP contribution in [-0.4, -0.2) is 18.0 Å². The maximum atomic E-state index is 13.7. The number of hydrogen-bond acceptors (Lipinski definition) is 3. The zero-order valence-corrected chi connectivity index (χ0v) is 17.3. The van der Waals surface area contributed by atoms with Crippen molar-refractivity contribution in [2.45, 2.75) is 50.3 Å². The van der Waals surface area contributed by atoms with Crippen molar-refractivity contribution >= 4 is 29.2 Å². The van der Waals surface area contributed by atoms with Gasteiger partial charge in [0.05, 0.1) is 21.7 Å². The summed E-state index contributed by atoms with van der Waals surface area (Å²) in [6.45, 7) is 1.31. The van der Waals surface area contributed by atoms with Crippen LogP contribution in [0.4, 0.5) is 23.2 Å². The SMILES string of the molecule is C[C@@H](OC(=O)C1(c2cccc(F)c2)CCCC1)C(=O)Nc1cc(C(F)(F)F)ccc1Cl. The normalized spacial score (nSPS) is 16.6. The standard InChI is InChI=1S/C22H20ClF4NO3/c1-13(19(29)28-18-12-15(22(25,26)27)7-8-17(18)23)31-20(30)21(9-2-3-10-21)14-5-4-6-16(24)11-14/h4-8,11-13H,2-3,9-10H2,1H3,(H,28,29)/t13-/m1/s1. The number of benzene rings is 2. The Morgan fingerprint density at radius 3 is 2.42 bits per heavy atom. The molecule has 1 fully saturated rings. The van der Waals surface area contributed by atoms with E-state index in [9.17, 15) is 27.2 Å². The Morgan fingerprint density at radius 2 is 1.81 bits per heavy atom. The molecule has 0 aliphatic heterocycles. The highest BCUT2D eigenvalue weighted by molar-refractivity contribution is 6.33. The molecule has 0 aromatic heterocycles. The second-order valence-electron chi connectivity index (χ2n) is 7.53. The summed E-state index contributed by atoms with van der Waals surface area (Å²) in [5.41, 5.74) is -1.81. The molecule has 1 saturated carbocycles. The Bertz CT molecular complexity index is 987. The van der Waals surface area contributed by atoms with Gasteiger partial charge >= 0.3 is 12.1 Å². The molecule has 1 amide bonds. The maximum absolute atomic E-state index is 13.7. The highest BCUT2D eigenvalue weighted by Gasteiger charge is 2.45. The third-order valence-corrected chi connectivity index (χ3v) is 5.76. The molecule has 0 heterocycles. The van der Waals surface area contributed by atoms with Gasteiger partial charge in [0.15, 0.2) is 6.10 Å². The molecular weight excluding hydrogens is 438 g/mol. The molecule has 0 saturated heterocycles. The predicted molar refractivity (Wildman–Crippen MR) is 107 cm³/mol. The van der Waals surface area contributed by atoms with E-state index >= 15 is 0 Å². The largest absolute Gasteiger partial charge is 0.452 e. The Kier molecular flexibility index (Phi) is 6.59. The first-order chi connectivity index (χ1) is 14.5. The summed E-state index contributed by atoms with van der Waals surface area (Å²) in [4.78, 5) is 25.5. The minimum Gasteiger partial charge on any atom is -0.452 e. The molecule has 31 heavy (non-hydrogen) atoms. The van der Waals surface area contributed by atoms with Crippen molar-refractivity contribution in [3.63, 3.8) is 0 Å². The Labute approximate surface area is 181 Å². The van der Waals surface area contributed by atoms with Gasteiger partial charge < -0.3 is 10.1 Å². The van der Waals surface area contributed by atoms with Gasteiger partial charge in [-0.3, -0.25) is 9.59 Å². The number of anilines is 1. The zero-order chi connectivity index (χ0) is 22.8. The zero-order valence-electron chi connectivity index (χ0n) is 16.6. The van der Waals surface area contributed by atoms with Gasteiger partial charge in [0.25, 0.3) is 5.91 Å². The van der Waals surface area contributed by atoms with Gasteiger partial charge in [-0.25, -0.2) is 4.39 Å². The quantitative estimate of drug-likeness (QED) is 0.450. The van der Waals surface area contributed by atoms with Crippen LogP contribution in [0.2, 0.25) is 5.02 Å². The first kappa shape index (κ1) is 23.1. The Hall–Kier alpha value is -2.61. The average Bonchev–Trinajstić information content (AvgIpc) is 3.20. The van der Waals surface area contributed by atoms with Gasteiger partial charge in [0, 0.05) is 0 Å². The summed E-state index contributed by atoms with van der Waals surface area (Å²) >= 11 is 5.90. The lowest BCUT2D eigenvalue weighted by Crippen LogP contribution is -2.40. The van der Waals surface area contributed by atoms with E-state index in [1.807, 2.05) is 0 Å². The van der Waals surface area contributed by atoms with Crippen LogP contribution in [0, 0.1) is 5.82 Å². The fraction of sp³-hybridized carbons (Fsp3) is 0.364. The number of halogens is 5. The number of esters is 1. The van der Waals surface area contributed by atoms with Crippen LogP contribution in [0.25, 0.3) is 0 Å². The minimum absolute atomic E-state index is 0.0908. The molecular formula is C22H20ClF4NO3. The summed E-state index contributed by atoms with van der Waals surface area (Å²) in [7, 11) is 0. The van der Waals surface area contributed by atoms with Crippen LogP contribution >= 0.6 is 11.6 Å². The van der Waals surface area contributed by atoms with E-state index in [0.717, 1.165) is 25.0 Å². The Balaban J connectivity index is 1.75. The van der Waals surface area contributed by atoms with E-state index in [1.165, 1.54) is 25.1 Å². The molecule has 0 bridgehead atoms. The fourth-order valence-electron chi connectivity index (χ4n) is 3.73. The van der Waals surface area contributed by atoms with Crippen molar-refractivity contribution in [1.29, 1.82) is 0 Å². The van der Waals surface area contributed by atoms with Crippen molar-refractivity contribution in [3.8, 4) is 0 Å². The molecule has 0 spiro atoms. The van der Waals surface area contributed by atoms with Crippen molar-refractivity contribution < 1.29 is 31.9 Å². The molecule has 0 unspecified atom stereocenters. The lowest BCUT2D eigenvalue weighted by atomic mass is 9.79. The number of nitrogens with one attached hydrogen (secondary N) is 1. The van der Waals surface area contributed by atoms with Crippen molar-refractivity contribution in [2.24, 2.45) is 0 Å². The van der Waals surface area contributed by atoms with Crippen molar-refractivity contribution in [1.82, 2.24) is 0 Å². The summed E-state index contributed by atoms with van der Waals surface area (Å²) in [6.07, 6.45) is -3.53. The molecule has 1 N–H and O–H groups in total. The van der Waals surface area contributed by atoms with E-state index in [0.29, 0.717) is 24.5 Å². The maximum Gasteiger partial charge on any atom is 0.416 e. The molecule has 1 aliphatic carbocycles. The van der Waals surface area contributed by atoms with E-state index in [-0.39, 0.29) is 10.7 Å². The topological polar surface area (TPSA) is 55.4 Å². The number of hydrogen-bond donors (Lipinski definition) is 1. The van der Waals surface area contributed by atoms with Crippen LogP contribution in [0.15, 0.2) is 42.5 Å². The monoisotopic (exact) mass is 457 g/mol. The van der Waals surface area contributed by atoms with Gasteiger partial charge in [0.2, 0.25) is 0 Å². The lowest BCUT2D eigenvalue weighted by molar-refractivity contribution is -0.159. The molecule has 1 atom stereocenters. The number of amides is 1. The van der Waals surface area contributed by atoms with Crippen LogP contribution < -0.4 is 5.32 Å². The van der Waals surface area contributed by atoms with E-state index in [4.69, 9.17) is 16.3 Å². The number of carbonyl (C=O) groups excluding carboxylic acids is 2. The van der Waals surface area contributed by atoms with E-state index in [1.54, 1.807) is 6.07 Å². The molecule has 0 radical (unpaired) electrons. The van der Waals surface area contributed by atoms with Crippen molar-refractivity contribution in [3.05, 3.63) is 64.4 Å². The highest BCUT2D eigenvalue weighted by Crippen LogP contribution is 2.42. The number of rotatable bonds is 5. The minimum atomic E-state index is -4.61. The summed E-state index contributed by atoms with van der Waals surface area (Å²) in [6, 6.07) is 8.22. The predicted octanol–water partition coefficient (Wildman–Crippen LogP) is 5.88. The lowest BCUT2D eigenvalue weighted by Gasteiger charge is -2.28. The summed E-state index contributed by atoms with van der Waals surface area (Å²) in [5.74, 6) is -1.99. The second kappa shape index (κ2) is 8.86. The molecule has 3 rings (SSSR count). The number of alkyl halides is 3. The fourth-order valence-corrected chi connectivity index (χ4v) is 3.90. The van der Waals surface area contributed by atoms with Gasteiger partial charge in [-0.05, 0) is 55.7 Å². The van der Waals surface area contributed by atoms with E-state index < -0.39 is 41.0 Å². The smallest absolute Gasteiger partial charge is 0.416 e. The van der Waals surface area contributed by atoms with Gasteiger partial charge in [-0.15, -0.1) is 0 Å². The number of carbonyl (C=O) groups is 2. The van der Waals surface area contributed by atoms with E-state index in [2.05, 4.69) is 5.32 Å². The van der Waals surface area contributed by atoms with Gasteiger partial charge in [-0.2, -0.15) is 13.2 Å². The number of ether oxygens (including phenoxy) is 1. The molecule has 4 nitrogen and oxygen atoms in total. The van der Waals surface area contributed by atoms with Gasteiger partial charge in [-0.1, -0.05) is 36.6 Å². The summed E-state index contributed by atoms with van der Waals surface area (Å²) < 4.78 is 57.9. The molecule has 9 heteroatoms. The van der Waals surface area contributed by atoms with Crippen LogP contribution in [-0.2, 0) is 25.9 Å².